The second-order valence-corrected chi connectivity index (χ2v) is 8.26. The van der Waals surface area contributed by atoms with Gasteiger partial charge in [0.2, 0.25) is 5.90 Å². The highest BCUT2D eigenvalue weighted by molar-refractivity contribution is 9.10. The van der Waals surface area contributed by atoms with E-state index in [4.69, 9.17) is 18.9 Å². The molecule has 3 aromatic carbocycles. The summed E-state index contributed by atoms with van der Waals surface area (Å²) < 4.78 is 21.8. The fraction of sp³-hybridized carbons (Fsp3) is 0.148. The summed E-state index contributed by atoms with van der Waals surface area (Å²) in [6.45, 7) is 1.73. The Labute approximate surface area is 211 Å². The number of ether oxygens (including phenoxy) is 4. The number of esters is 2. The lowest BCUT2D eigenvalue weighted by Crippen LogP contribution is -2.15. The average molecular weight is 536 g/mol. The van der Waals surface area contributed by atoms with Gasteiger partial charge in [-0.05, 0) is 69.9 Å². The SMILES string of the molecule is CCOC(=O)COc1c(Br)cc(/C=C2\N=C(c3ccc(-c4ccccc4)cc3)OC2=O)cc1OC. The van der Waals surface area contributed by atoms with Gasteiger partial charge in [0.05, 0.1) is 18.2 Å². The van der Waals surface area contributed by atoms with E-state index < -0.39 is 11.9 Å². The average Bonchev–Trinajstić information content (AvgIpc) is 3.23. The number of hydrogen-bond acceptors (Lipinski definition) is 7. The highest BCUT2D eigenvalue weighted by Crippen LogP contribution is 2.37. The third kappa shape index (κ3) is 5.78. The van der Waals surface area contributed by atoms with E-state index in [0.717, 1.165) is 11.1 Å². The number of cyclic esters (lactones) is 1. The number of nitrogens with zero attached hydrogens (tertiary/aromatic N) is 1. The molecule has 0 atom stereocenters. The van der Waals surface area contributed by atoms with E-state index in [2.05, 4.69) is 20.9 Å². The van der Waals surface area contributed by atoms with E-state index >= 15 is 0 Å². The first-order valence-electron chi connectivity index (χ1n) is 10.8. The molecule has 1 aliphatic rings. The van der Waals surface area contributed by atoms with Crippen molar-refractivity contribution in [2.45, 2.75) is 6.92 Å². The van der Waals surface area contributed by atoms with Gasteiger partial charge in [-0.25, -0.2) is 14.6 Å². The van der Waals surface area contributed by atoms with Crippen LogP contribution in [0.2, 0.25) is 0 Å². The molecule has 0 bridgehead atoms. The molecule has 0 radical (unpaired) electrons. The maximum atomic E-state index is 12.5. The van der Waals surface area contributed by atoms with Crippen molar-refractivity contribution in [2.75, 3.05) is 20.3 Å². The minimum Gasteiger partial charge on any atom is -0.493 e. The lowest BCUT2D eigenvalue weighted by molar-refractivity contribution is -0.145. The highest BCUT2D eigenvalue weighted by Gasteiger charge is 2.24. The molecule has 0 N–H and O–H groups in total. The fourth-order valence-electron chi connectivity index (χ4n) is 3.42. The summed E-state index contributed by atoms with van der Waals surface area (Å²) in [6, 6.07) is 21.0. The van der Waals surface area contributed by atoms with Gasteiger partial charge in [-0.1, -0.05) is 42.5 Å². The first kappa shape index (κ1) is 24.2. The van der Waals surface area contributed by atoms with Gasteiger partial charge >= 0.3 is 11.9 Å². The molecule has 0 fully saturated rings. The zero-order chi connectivity index (χ0) is 24.8. The summed E-state index contributed by atoms with van der Waals surface area (Å²) in [5, 5.41) is 0. The summed E-state index contributed by atoms with van der Waals surface area (Å²) in [6.07, 6.45) is 1.59. The van der Waals surface area contributed by atoms with Gasteiger partial charge in [-0.2, -0.15) is 0 Å². The molecule has 178 valence electrons. The van der Waals surface area contributed by atoms with E-state index in [1.165, 1.54) is 7.11 Å². The van der Waals surface area contributed by atoms with Crippen LogP contribution in [0.4, 0.5) is 0 Å². The van der Waals surface area contributed by atoms with Crippen molar-refractivity contribution >= 4 is 39.8 Å². The summed E-state index contributed by atoms with van der Waals surface area (Å²) in [5.41, 5.74) is 3.63. The third-order valence-corrected chi connectivity index (χ3v) is 5.64. The molecular formula is C27H22BrNO6. The summed E-state index contributed by atoms with van der Waals surface area (Å²) in [4.78, 5) is 28.5. The van der Waals surface area contributed by atoms with Crippen LogP contribution >= 0.6 is 15.9 Å². The quantitative estimate of drug-likeness (QED) is 0.283. The second kappa shape index (κ2) is 11.0. The number of carbonyl (C=O) groups is 2. The monoisotopic (exact) mass is 535 g/mol. The minimum absolute atomic E-state index is 0.154. The maximum absolute atomic E-state index is 12.5. The van der Waals surface area contributed by atoms with Gasteiger partial charge in [0.15, 0.2) is 23.8 Å². The molecule has 0 aromatic heterocycles. The summed E-state index contributed by atoms with van der Waals surface area (Å²) in [5.74, 6) is -0.0758. The second-order valence-electron chi connectivity index (χ2n) is 7.41. The van der Waals surface area contributed by atoms with Gasteiger partial charge in [0.1, 0.15) is 0 Å². The smallest absolute Gasteiger partial charge is 0.363 e. The van der Waals surface area contributed by atoms with E-state index in [1.807, 2.05) is 54.6 Å². The topological polar surface area (TPSA) is 83.4 Å². The molecule has 35 heavy (non-hydrogen) atoms. The molecule has 0 spiro atoms. The zero-order valence-electron chi connectivity index (χ0n) is 19.1. The van der Waals surface area contributed by atoms with Gasteiger partial charge in [-0.15, -0.1) is 0 Å². The van der Waals surface area contributed by atoms with E-state index in [0.29, 0.717) is 27.1 Å². The predicted octanol–water partition coefficient (Wildman–Crippen LogP) is 5.41. The standard InChI is InChI=1S/C27H22BrNO6/c1-3-33-24(30)16-34-25-21(28)13-17(15-23(25)32-2)14-22-27(31)35-26(29-22)20-11-9-19(10-12-20)18-7-5-4-6-8-18/h4-15H,3,16H2,1-2H3/b22-14-. The lowest BCUT2D eigenvalue weighted by Gasteiger charge is -2.13. The van der Waals surface area contributed by atoms with Crippen LogP contribution in [-0.4, -0.2) is 38.2 Å². The molecule has 3 aromatic rings. The van der Waals surface area contributed by atoms with Crippen molar-refractivity contribution in [3.8, 4) is 22.6 Å². The van der Waals surface area contributed by atoms with Crippen LogP contribution in [0.15, 0.2) is 81.9 Å². The Balaban J connectivity index is 1.55. The Bertz CT molecular complexity index is 1300. The number of hydrogen-bond donors (Lipinski definition) is 0. The van der Waals surface area contributed by atoms with Crippen molar-refractivity contribution in [3.05, 3.63) is 88.0 Å². The number of halogens is 1. The molecular weight excluding hydrogens is 514 g/mol. The van der Waals surface area contributed by atoms with Gasteiger partial charge in [0, 0.05) is 5.56 Å². The van der Waals surface area contributed by atoms with Crippen LogP contribution in [0.3, 0.4) is 0 Å². The van der Waals surface area contributed by atoms with Crippen molar-refractivity contribution in [2.24, 2.45) is 4.99 Å². The Hall–Kier alpha value is -3.91. The lowest BCUT2D eigenvalue weighted by atomic mass is 10.0. The Morgan fingerprint density at radius 3 is 2.40 bits per heavy atom. The molecule has 0 saturated heterocycles. The Kier molecular flexibility index (Phi) is 7.62. The van der Waals surface area contributed by atoms with Crippen molar-refractivity contribution in [1.29, 1.82) is 0 Å². The third-order valence-electron chi connectivity index (χ3n) is 5.05. The fourth-order valence-corrected chi connectivity index (χ4v) is 4.00. The highest BCUT2D eigenvalue weighted by atomic mass is 79.9. The number of aliphatic imine (C=N–C) groups is 1. The minimum atomic E-state index is -0.551. The van der Waals surface area contributed by atoms with Crippen LogP contribution in [0, 0.1) is 0 Å². The number of rotatable bonds is 8. The molecule has 0 aliphatic carbocycles. The van der Waals surface area contributed by atoms with E-state index in [9.17, 15) is 9.59 Å². The number of carbonyl (C=O) groups excluding carboxylic acids is 2. The van der Waals surface area contributed by atoms with E-state index in [-0.39, 0.29) is 24.8 Å². The molecule has 0 unspecified atom stereocenters. The van der Waals surface area contributed by atoms with Crippen LogP contribution in [0.5, 0.6) is 11.5 Å². The van der Waals surface area contributed by atoms with Crippen LogP contribution in [0.25, 0.3) is 17.2 Å². The molecule has 0 saturated carbocycles. The van der Waals surface area contributed by atoms with E-state index in [1.54, 1.807) is 25.1 Å². The van der Waals surface area contributed by atoms with Crippen molar-refractivity contribution in [1.82, 2.24) is 0 Å². The van der Waals surface area contributed by atoms with Crippen LogP contribution < -0.4 is 9.47 Å². The molecule has 0 amide bonds. The molecule has 4 rings (SSSR count). The van der Waals surface area contributed by atoms with Crippen LogP contribution in [-0.2, 0) is 19.1 Å². The van der Waals surface area contributed by atoms with Gasteiger partial charge < -0.3 is 18.9 Å². The molecule has 1 heterocycles. The van der Waals surface area contributed by atoms with Gasteiger partial charge in [0.25, 0.3) is 0 Å². The largest absolute Gasteiger partial charge is 0.493 e. The van der Waals surface area contributed by atoms with Gasteiger partial charge in [-0.3, -0.25) is 0 Å². The Morgan fingerprint density at radius 1 is 1.03 bits per heavy atom. The summed E-state index contributed by atoms with van der Waals surface area (Å²) >= 11 is 3.43. The predicted molar refractivity (Wildman–Crippen MR) is 135 cm³/mol. The first-order valence-corrected chi connectivity index (χ1v) is 11.6. The zero-order valence-corrected chi connectivity index (χ0v) is 20.7. The molecule has 1 aliphatic heterocycles. The van der Waals surface area contributed by atoms with Crippen LogP contribution in [0.1, 0.15) is 18.1 Å². The number of benzene rings is 3. The summed E-state index contributed by atoms with van der Waals surface area (Å²) in [7, 11) is 1.48. The first-order chi connectivity index (χ1) is 17.0. The molecule has 8 heteroatoms. The maximum Gasteiger partial charge on any atom is 0.363 e. The Morgan fingerprint density at radius 2 is 1.71 bits per heavy atom. The normalized spacial score (nSPS) is 13.9. The number of methoxy groups -OCH3 is 1. The molecule has 7 nitrogen and oxygen atoms in total. The van der Waals surface area contributed by atoms with Crippen molar-refractivity contribution in [3.63, 3.8) is 0 Å². The van der Waals surface area contributed by atoms with Crippen molar-refractivity contribution < 1.29 is 28.5 Å².